The van der Waals surface area contributed by atoms with Gasteiger partial charge in [-0.05, 0) is 99.0 Å². The second-order valence-corrected chi connectivity index (χ2v) is 20.0. The van der Waals surface area contributed by atoms with Crippen molar-refractivity contribution < 1.29 is 4.39 Å². The summed E-state index contributed by atoms with van der Waals surface area (Å²) < 4.78 is 14.2. The molecule has 5 heteroatoms. The van der Waals surface area contributed by atoms with Crippen LogP contribution >= 0.6 is 0 Å². The molecule has 0 saturated carbocycles. The number of hydrogen-bond acceptors (Lipinski definition) is 2. The molecule has 0 atom stereocenters. The van der Waals surface area contributed by atoms with Crippen molar-refractivity contribution in [3.8, 4) is 0 Å². The minimum atomic E-state index is -2.08. The van der Waals surface area contributed by atoms with Crippen molar-refractivity contribution in [1.82, 2.24) is 0 Å². The van der Waals surface area contributed by atoms with Crippen molar-refractivity contribution in [1.29, 1.82) is 0 Å². The molecule has 2 nitrogen and oxygen atoms in total. The lowest BCUT2D eigenvalue weighted by Gasteiger charge is -2.50. The molecule has 8 rings (SSSR count). The summed E-state index contributed by atoms with van der Waals surface area (Å²) in [6.07, 6.45) is 0. The number of anilines is 6. The van der Waals surface area contributed by atoms with Crippen LogP contribution in [0.15, 0.2) is 97.1 Å². The highest BCUT2D eigenvalue weighted by Crippen LogP contribution is 2.45. The first kappa shape index (κ1) is 28.4. The Labute approximate surface area is 268 Å². The molecule has 3 aliphatic rings. The molecule has 0 N–H and O–H groups in total. The summed E-state index contributed by atoms with van der Waals surface area (Å²) in [5.74, 6) is -0.217. The van der Waals surface area contributed by atoms with Gasteiger partial charge in [0.15, 0.2) is 0 Å². The van der Waals surface area contributed by atoms with Crippen LogP contribution in [-0.4, -0.2) is 14.8 Å². The minimum Gasteiger partial charge on any atom is -0.311 e. The molecule has 0 aromatic heterocycles. The monoisotopic (exact) mass is 606 g/mol. The fourth-order valence-corrected chi connectivity index (χ4v) is 11.2. The molecule has 0 aliphatic carbocycles. The van der Waals surface area contributed by atoms with Gasteiger partial charge in [-0.2, -0.15) is 0 Å². The molecule has 0 spiro atoms. The first-order chi connectivity index (χ1) is 21.3. The normalized spacial score (nSPS) is 15.7. The molecule has 224 valence electrons. The maximum absolute atomic E-state index is 14.2. The summed E-state index contributed by atoms with van der Waals surface area (Å²) >= 11 is 0. The highest BCUT2D eigenvalue weighted by molar-refractivity contribution is 7.16. The zero-order valence-corrected chi connectivity index (χ0v) is 28.6. The van der Waals surface area contributed by atoms with Crippen LogP contribution in [0.3, 0.4) is 0 Å². The highest BCUT2D eigenvalue weighted by atomic mass is 28.3. The van der Waals surface area contributed by atoms with E-state index in [2.05, 4.69) is 137 Å². The van der Waals surface area contributed by atoms with E-state index in [0.717, 1.165) is 5.69 Å². The third kappa shape index (κ3) is 3.99. The summed E-state index contributed by atoms with van der Waals surface area (Å²) in [6.45, 7) is 19.0. The van der Waals surface area contributed by atoms with E-state index < -0.39 is 8.07 Å². The van der Waals surface area contributed by atoms with Gasteiger partial charge < -0.3 is 9.80 Å². The van der Waals surface area contributed by atoms with Crippen molar-refractivity contribution in [3.63, 3.8) is 0 Å². The van der Waals surface area contributed by atoms with Gasteiger partial charge in [0.2, 0.25) is 0 Å². The van der Waals surface area contributed by atoms with Gasteiger partial charge in [0.1, 0.15) is 13.9 Å². The summed E-state index contributed by atoms with van der Waals surface area (Å²) in [5, 5.41) is 3.03. The van der Waals surface area contributed by atoms with E-state index in [1.54, 1.807) is 12.1 Å². The minimum absolute atomic E-state index is 0.00267. The van der Waals surface area contributed by atoms with Crippen LogP contribution in [0.1, 0.15) is 52.7 Å². The van der Waals surface area contributed by atoms with Crippen LogP contribution in [0.4, 0.5) is 38.5 Å². The molecule has 3 aliphatic heterocycles. The van der Waals surface area contributed by atoms with Crippen LogP contribution in [0, 0.1) is 5.82 Å². The van der Waals surface area contributed by atoms with Gasteiger partial charge in [-0.1, -0.05) is 101 Å². The van der Waals surface area contributed by atoms with Gasteiger partial charge in [0.05, 0.1) is 0 Å². The van der Waals surface area contributed by atoms with E-state index in [1.807, 2.05) is 12.1 Å². The molecule has 0 bridgehead atoms. The summed E-state index contributed by atoms with van der Waals surface area (Å²) in [6, 6.07) is 34.9. The molecule has 0 fully saturated rings. The van der Waals surface area contributed by atoms with Gasteiger partial charge >= 0.3 is 0 Å². The Hall–Kier alpha value is -4.09. The molecule has 45 heavy (non-hydrogen) atoms. The van der Waals surface area contributed by atoms with E-state index >= 15 is 0 Å². The Morgan fingerprint density at radius 2 is 0.956 bits per heavy atom. The quantitative estimate of drug-likeness (QED) is 0.187. The van der Waals surface area contributed by atoms with E-state index in [-0.39, 0.29) is 23.4 Å². The van der Waals surface area contributed by atoms with E-state index in [1.165, 1.54) is 66.3 Å². The van der Waals surface area contributed by atoms with Crippen LogP contribution in [0.25, 0.3) is 0 Å². The SMILES string of the molecule is CC(C)(C)c1cc(N2c3cccc4c3B3c5c(cccc5[Si](C)(C)c5cccc2c53)N4c2ccc(F)cc2)cc(C(C)(C)C)c1. The molecule has 5 aromatic rings. The van der Waals surface area contributed by atoms with Crippen molar-refractivity contribution in [2.75, 3.05) is 9.80 Å². The maximum atomic E-state index is 14.2. The van der Waals surface area contributed by atoms with Crippen molar-refractivity contribution in [2.45, 2.75) is 65.5 Å². The third-order valence-electron chi connectivity index (χ3n) is 10.4. The first-order valence-corrected chi connectivity index (χ1v) is 19.2. The average molecular weight is 607 g/mol. The molecule has 0 saturated heterocycles. The molecule has 3 heterocycles. The largest absolute Gasteiger partial charge is 0.311 e. The Morgan fingerprint density at radius 3 is 1.42 bits per heavy atom. The number of hydrogen-bond donors (Lipinski definition) is 0. The highest BCUT2D eigenvalue weighted by Gasteiger charge is 2.51. The Kier molecular flexibility index (Phi) is 5.82. The maximum Gasteiger partial charge on any atom is 0.251 e. The lowest BCUT2D eigenvalue weighted by atomic mass is 9.33. The smallest absolute Gasteiger partial charge is 0.251 e. The zero-order valence-electron chi connectivity index (χ0n) is 27.6. The summed E-state index contributed by atoms with van der Waals surface area (Å²) in [5.41, 5.74) is 14.0. The van der Waals surface area contributed by atoms with Crippen LogP contribution in [-0.2, 0) is 10.8 Å². The molecule has 0 amide bonds. The van der Waals surface area contributed by atoms with Crippen LogP contribution < -0.4 is 36.6 Å². The van der Waals surface area contributed by atoms with Gasteiger partial charge in [-0.15, -0.1) is 0 Å². The molecule has 0 unspecified atom stereocenters. The van der Waals surface area contributed by atoms with E-state index in [4.69, 9.17) is 0 Å². The van der Waals surface area contributed by atoms with Crippen LogP contribution in [0.5, 0.6) is 0 Å². The zero-order chi connectivity index (χ0) is 31.6. The van der Waals surface area contributed by atoms with Gasteiger partial charge in [0, 0.05) is 34.1 Å². The average Bonchev–Trinajstić information content (AvgIpc) is 2.99. The molecular formula is C40H40BFN2Si. The standard InChI is InChI=1S/C40H40BFN2Si/c1-39(2,3)25-22-26(40(4,5)6)24-29(23-25)44-31-13-9-12-30-36(31)41-37-32(43(30)28-20-18-27(42)19-21-28)14-10-16-34(37)45(7,8)35-17-11-15-33(44)38(35)41/h9-24H,1-8H3. The fraction of sp³-hybridized carbons (Fsp3) is 0.250. The molecular weight excluding hydrogens is 566 g/mol. The predicted octanol–water partition coefficient (Wildman–Crippen LogP) is 7.64. The fourth-order valence-electron chi connectivity index (χ4n) is 8.01. The summed E-state index contributed by atoms with van der Waals surface area (Å²) in [7, 11) is -2.08. The Bertz CT molecular complexity index is 2000. The lowest BCUT2D eigenvalue weighted by Crippen LogP contribution is -2.79. The third-order valence-corrected chi connectivity index (χ3v) is 14.0. The van der Waals surface area contributed by atoms with Gasteiger partial charge in [0.25, 0.3) is 6.71 Å². The van der Waals surface area contributed by atoms with Crippen molar-refractivity contribution >= 4 is 75.7 Å². The van der Waals surface area contributed by atoms with Crippen molar-refractivity contribution in [2.24, 2.45) is 0 Å². The van der Waals surface area contributed by atoms with Gasteiger partial charge in [-0.25, -0.2) is 4.39 Å². The molecule has 0 radical (unpaired) electrons. The topological polar surface area (TPSA) is 6.48 Å². The Morgan fingerprint density at radius 1 is 0.533 bits per heavy atom. The second-order valence-electron chi connectivity index (χ2n) is 15.7. The molecule has 5 aromatic carbocycles. The second kappa shape index (κ2) is 9.23. The van der Waals surface area contributed by atoms with Gasteiger partial charge in [-0.3, -0.25) is 0 Å². The Balaban J connectivity index is 1.50. The number of halogens is 1. The number of benzene rings is 5. The number of rotatable bonds is 2. The predicted molar refractivity (Wildman–Crippen MR) is 195 cm³/mol. The van der Waals surface area contributed by atoms with Crippen molar-refractivity contribution in [3.05, 3.63) is 114 Å². The first-order valence-electron chi connectivity index (χ1n) is 16.2. The van der Waals surface area contributed by atoms with Crippen LogP contribution in [0.2, 0.25) is 13.1 Å². The summed E-state index contributed by atoms with van der Waals surface area (Å²) in [4.78, 5) is 4.92. The van der Waals surface area contributed by atoms with E-state index in [0.29, 0.717) is 0 Å². The lowest BCUT2D eigenvalue weighted by molar-refractivity contribution is 0.569. The van der Waals surface area contributed by atoms with E-state index in [9.17, 15) is 4.39 Å². The number of nitrogens with zero attached hydrogens (tertiary/aromatic N) is 2.